The predicted molar refractivity (Wildman–Crippen MR) is 69.1 cm³/mol. The first-order valence-corrected chi connectivity index (χ1v) is 5.71. The zero-order chi connectivity index (χ0) is 11.6. The van der Waals surface area contributed by atoms with Gasteiger partial charge in [0.05, 0.1) is 7.11 Å². The summed E-state index contributed by atoms with van der Waals surface area (Å²) in [5, 5.41) is 0. The first kappa shape index (κ1) is 12.4. The Morgan fingerprint density at radius 2 is 1.87 bits per heavy atom. The Morgan fingerprint density at radius 1 is 1.27 bits per heavy atom. The van der Waals surface area contributed by atoms with Crippen LogP contribution in [0.25, 0.3) is 0 Å². The highest BCUT2D eigenvalue weighted by atomic mass is 32.1. The van der Waals surface area contributed by atoms with Gasteiger partial charge in [-0.1, -0.05) is 26.0 Å². The molecule has 0 saturated heterocycles. The number of methoxy groups -OCH3 is 1. The van der Waals surface area contributed by atoms with Crippen LogP contribution in [-0.4, -0.2) is 7.11 Å². The van der Waals surface area contributed by atoms with E-state index in [1.807, 2.05) is 0 Å². The monoisotopic (exact) mass is 224 g/mol. The maximum absolute atomic E-state index is 5.41. The second-order valence-corrected chi connectivity index (χ2v) is 5.79. The summed E-state index contributed by atoms with van der Waals surface area (Å²) in [6, 6.07) is 6.35. The first-order valence-electron chi connectivity index (χ1n) is 5.27. The van der Waals surface area contributed by atoms with E-state index in [4.69, 9.17) is 4.74 Å². The van der Waals surface area contributed by atoms with E-state index >= 15 is 0 Å². The van der Waals surface area contributed by atoms with E-state index in [2.05, 4.69) is 58.5 Å². The van der Waals surface area contributed by atoms with Gasteiger partial charge in [0.2, 0.25) is 0 Å². The molecular formula is C13H20OS. The normalized spacial score (nSPS) is 11.9. The van der Waals surface area contributed by atoms with Crippen molar-refractivity contribution in [2.45, 2.75) is 38.4 Å². The minimum absolute atomic E-state index is 0.122. The molecule has 2 heteroatoms. The fraction of sp³-hybridized carbons (Fsp3) is 0.538. The molecule has 0 saturated carbocycles. The van der Waals surface area contributed by atoms with Crippen LogP contribution in [0.5, 0.6) is 5.75 Å². The van der Waals surface area contributed by atoms with Gasteiger partial charge in [-0.05, 0) is 37.0 Å². The van der Waals surface area contributed by atoms with Crippen LogP contribution in [0, 0.1) is 0 Å². The van der Waals surface area contributed by atoms with Crippen molar-refractivity contribution >= 4 is 12.6 Å². The van der Waals surface area contributed by atoms with Crippen molar-refractivity contribution in [3.63, 3.8) is 0 Å². The number of benzene rings is 1. The van der Waals surface area contributed by atoms with Gasteiger partial charge in [0, 0.05) is 4.75 Å². The van der Waals surface area contributed by atoms with Gasteiger partial charge in [0.1, 0.15) is 5.75 Å². The van der Waals surface area contributed by atoms with Crippen molar-refractivity contribution < 1.29 is 4.74 Å². The molecule has 84 valence electrons. The van der Waals surface area contributed by atoms with Crippen LogP contribution in [0.2, 0.25) is 0 Å². The minimum Gasteiger partial charge on any atom is -0.496 e. The zero-order valence-corrected chi connectivity index (χ0v) is 11.1. The average molecular weight is 224 g/mol. The molecule has 1 aromatic rings. The highest BCUT2D eigenvalue weighted by Crippen LogP contribution is 2.34. The van der Waals surface area contributed by atoms with E-state index in [0.717, 1.165) is 5.75 Å². The molecule has 0 atom stereocenters. The topological polar surface area (TPSA) is 9.23 Å². The van der Waals surface area contributed by atoms with E-state index in [0.29, 0.717) is 5.92 Å². The molecule has 15 heavy (non-hydrogen) atoms. The largest absolute Gasteiger partial charge is 0.496 e. The molecule has 0 N–H and O–H groups in total. The zero-order valence-electron chi connectivity index (χ0n) is 10.2. The lowest BCUT2D eigenvalue weighted by Gasteiger charge is -2.21. The first-order chi connectivity index (χ1) is 6.86. The van der Waals surface area contributed by atoms with E-state index < -0.39 is 0 Å². The second-order valence-electron chi connectivity index (χ2n) is 4.67. The molecule has 1 nitrogen and oxygen atoms in total. The van der Waals surface area contributed by atoms with E-state index in [-0.39, 0.29) is 4.75 Å². The van der Waals surface area contributed by atoms with Gasteiger partial charge in [0.25, 0.3) is 0 Å². The van der Waals surface area contributed by atoms with E-state index in [9.17, 15) is 0 Å². The summed E-state index contributed by atoms with van der Waals surface area (Å²) >= 11 is 4.56. The van der Waals surface area contributed by atoms with Crippen LogP contribution < -0.4 is 4.74 Å². The van der Waals surface area contributed by atoms with Gasteiger partial charge in [-0.2, -0.15) is 12.6 Å². The van der Waals surface area contributed by atoms with Crippen LogP contribution in [0.4, 0.5) is 0 Å². The highest BCUT2D eigenvalue weighted by molar-refractivity contribution is 7.81. The summed E-state index contributed by atoms with van der Waals surface area (Å²) in [6.45, 7) is 8.51. The summed E-state index contributed by atoms with van der Waals surface area (Å²) in [4.78, 5) is 0. The fourth-order valence-corrected chi connectivity index (χ4v) is 1.71. The van der Waals surface area contributed by atoms with Crippen LogP contribution >= 0.6 is 12.6 Å². The molecule has 1 rings (SSSR count). The number of hydrogen-bond acceptors (Lipinski definition) is 2. The Balaban J connectivity index is 3.19. The van der Waals surface area contributed by atoms with Crippen molar-refractivity contribution in [3.05, 3.63) is 29.3 Å². The van der Waals surface area contributed by atoms with E-state index in [1.165, 1.54) is 11.1 Å². The Morgan fingerprint density at radius 3 is 2.27 bits per heavy atom. The van der Waals surface area contributed by atoms with Crippen molar-refractivity contribution in [1.82, 2.24) is 0 Å². The summed E-state index contributed by atoms with van der Waals surface area (Å²) < 4.78 is 5.29. The smallest absolute Gasteiger partial charge is 0.122 e. The molecule has 0 aliphatic carbocycles. The van der Waals surface area contributed by atoms with Crippen molar-refractivity contribution in [3.8, 4) is 5.75 Å². The second kappa shape index (κ2) is 4.48. The van der Waals surface area contributed by atoms with Crippen LogP contribution in [0.1, 0.15) is 44.7 Å². The maximum atomic E-state index is 5.41. The third kappa shape index (κ3) is 2.91. The fourth-order valence-electron chi connectivity index (χ4n) is 1.57. The van der Waals surface area contributed by atoms with Gasteiger partial charge in [-0.3, -0.25) is 0 Å². The molecule has 0 spiro atoms. The Labute approximate surface area is 98.3 Å². The Hall–Kier alpha value is -0.630. The lowest BCUT2D eigenvalue weighted by atomic mass is 9.95. The molecule has 0 unspecified atom stereocenters. The molecule has 0 aromatic heterocycles. The summed E-state index contributed by atoms with van der Waals surface area (Å²) in [5.41, 5.74) is 2.44. The van der Waals surface area contributed by atoms with Crippen molar-refractivity contribution in [2.75, 3.05) is 7.11 Å². The third-order valence-corrected chi connectivity index (χ3v) is 2.82. The minimum atomic E-state index is -0.122. The van der Waals surface area contributed by atoms with E-state index in [1.54, 1.807) is 7.11 Å². The molecule has 0 fully saturated rings. The molecule has 0 aliphatic rings. The quantitative estimate of drug-likeness (QED) is 0.764. The van der Waals surface area contributed by atoms with Gasteiger partial charge in [-0.25, -0.2) is 0 Å². The molecule has 0 amide bonds. The van der Waals surface area contributed by atoms with Crippen LogP contribution in [0.15, 0.2) is 18.2 Å². The standard InChI is InChI=1S/C13H20OS/c1-9(2)11-7-6-10(13(3,4)15)8-12(11)14-5/h6-9,15H,1-5H3. The Kier molecular flexibility index (Phi) is 3.72. The predicted octanol–water partition coefficient (Wildman–Crippen LogP) is 3.98. The van der Waals surface area contributed by atoms with Crippen LogP contribution in [0.3, 0.4) is 0 Å². The van der Waals surface area contributed by atoms with Gasteiger partial charge < -0.3 is 4.74 Å². The van der Waals surface area contributed by atoms with Crippen molar-refractivity contribution in [1.29, 1.82) is 0 Å². The lowest BCUT2D eigenvalue weighted by Crippen LogP contribution is -2.08. The summed E-state index contributed by atoms with van der Waals surface area (Å²) in [7, 11) is 1.72. The molecule has 0 bridgehead atoms. The summed E-state index contributed by atoms with van der Waals surface area (Å²) in [6.07, 6.45) is 0. The lowest BCUT2D eigenvalue weighted by molar-refractivity contribution is 0.406. The van der Waals surface area contributed by atoms with Gasteiger partial charge in [0.15, 0.2) is 0 Å². The molecule has 0 aliphatic heterocycles. The molecule has 0 radical (unpaired) electrons. The maximum Gasteiger partial charge on any atom is 0.122 e. The third-order valence-electron chi connectivity index (χ3n) is 2.56. The molecule has 0 heterocycles. The molecular weight excluding hydrogens is 204 g/mol. The average Bonchev–Trinajstić information content (AvgIpc) is 2.15. The van der Waals surface area contributed by atoms with Crippen molar-refractivity contribution in [2.24, 2.45) is 0 Å². The van der Waals surface area contributed by atoms with Crippen LogP contribution in [-0.2, 0) is 4.75 Å². The number of thiol groups is 1. The number of rotatable bonds is 3. The molecule has 1 aromatic carbocycles. The highest BCUT2D eigenvalue weighted by Gasteiger charge is 2.17. The Bertz CT molecular complexity index is 337. The number of hydrogen-bond donors (Lipinski definition) is 1. The SMILES string of the molecule is COc1cc(C(C)(C)S)ccc1C(C)C. The van der Waals surface area contributed by atoms with Gasteiger partial charge in [-0.15, -0.1) is 0 Å². The van der Waals surface area contributed by atoms with Gasteiger partial charge >= 0.3 is 0 Å². The number of ether oxygens (including phenoxy) is 1. The summed E-state index contributed by atoms with van der Waals surface area (Å²) in [5.74, 6) is 1.45.